The summed E-state index contributed by atoms with van der Waals surface area (Å²) >= 11 is 0. The predicted octanol–water partition coefficient (Wildman–Crippen LogP) is 0.975. The highest BCUT2D eigenvalue weighted by Gasteiger charge is 2.40. The maximum absolute atomic E-state index is 12.1. The van der Waals surface area contributed by atoms with Gasteiger partial charge in [-0.3, -0.25) is 4.79 Å². The highest BCUT2D eigenvalue weighted by atomic mass is 16.2. The maximum Gasteiger partial charge on any atom is 0.239 e. The first kappa shape index (κ1) is 14.5. The zero-order chi connectivity index (χ0) is 13.1. The minimum atomic E-state index is -0.480. The SMILES string of the molecule is CCNC(C)(C)C(=O)NCC1(N(C)C)CCC1. The van der Waals surface area contributed by atoms with Crippen molar-refractivity contribution < 1.29 is 4.79 Å². The molecule has 0 aromatic heterocycles. The van der Waals surface area contributed by atoms with E-state index in [9.17, 15) is 4.79 Å². The smallest absolute Gasteiger partial charge is 0.239 e. The third kappa shape index (κ3) is 3.19. The minimum Gasteiger partial charge on any atom is -0.353 e. The predicted molar refractivity (Wildman–Crippen MR) is 71.0 cm³/mol. The largest absolute Gasteiger partial charge is 0.353 e. The van der Waals surface area contributed by atoms with E-state index in [4.69, 9.17) is 0 Å². The van der Waals surface area contributed by atoms with Crippen LogP contribution in [0.1, 0.15) is 40.0 Å². The quantitative estimate of drug-likeness (QED) is 0.728. The second kappa shape index (κ2) is 5.36. The van der Waals surface area contributed by atoms with Crippen molar-refractivity contribution in [2.24, 2.45) is 0 Å². The lowest BCUT2D eigenvalue weighted by Gasteiger charge is -2.47. The van der Waals surface area contributed by atoms with Crippen LogP contribution in [0.4, 0.5) is 0 Å². The van der Waals surface area contributed by atoms with E-state index in [1.165, 1.54) is 19.3 Å². The van der Waals surface area contributed by atoms with Crippen molar-refractivity contribution in [3.63, 3.8) is 0 Å². The Morgan fingerprint density at radius 3 is 2.29 bits per heavy atom. The van der Waals surface area contributed by atoms with Crippen LogP contribution in [0.15, 0.2) is 0 Å². The van der Waals surface area contributed by atoms with Crippen molar-refractivity contribution in [1.29, 1.82) is 0 Å². The zero-order valence-corrected chi connectivity index (χ0v) is 11.9. The molecule has 0 heterocycles. The van der Waals surface area contributed by atoms with Gasteiger partial charge in [-0.2, -0.15) is 0 Å². The molecule has 0 aromatic carbocycles. The lowest BCUT2D eigenvalue weighted by atomic mass is 9.75. The van der Waals surface area contributed by atoms with Gasteiger partial charge in [-0.15, -0.1) is 0 Å². The molecule has 0 saturated heterocycles. The maximum atomic E-state index is 12.1. The highest BCUT2D eigenvalue weighted by molar-refractivity contribution is 5.85. The van der Waals surface area contributed by atoms with Crippen molar-refractivity contribution in [2.45, 2.75) is 51.1 Å². The van der Waals surface area contributed by atoms with Gasteiger partial charge in [-0.05, 0) is 53.8 Å². The van der Waals surface area contributed by atoms with Crippen LogP contribution >= 0.6 is 0 Å². The molecule has 2 N–H and O–H groups in total. The molecule has 1 aliphatic carbocycles. The Morgan fingerprint density at radius 1 is 1.35 bits per heavy atom. The van der Waals surface area contributed by atoms with Crippen LogP contribution in [0.5, 0.6) is 0 Å². The van der Waals surface area contributed by atoms with Crippen LogP contribution in [-0.2, 0) is 4.79 Å². The van der Waals surface area contributed by atoms with E-state index in [0.29, 0.717) is 0 Å². The standard InChI is InChI=1S/C13H27N3O/c1-6-15-12(2,3)11(17)14-10-13(16(4)5)8-7-9-13/h15H,6-10H2,1-5H3,(H,14,17). The molecule has 1 amide bonds. The normalized spacial score (nSPS) is 18.9. The van der Waals surface area contributed by atoms with E-state index >= 15 is 0 Å². The van der Waals surface area contributed by atoms with Gasteiger partial charge in [0.15, 0.2) is 0 Å². The summed E-state index contributed by atoms with van der Waals surface area (Å²) in [5.74, 6) is 0.0903. The van der Waals surface area contributed by atoms with Crippen LogP contribution in [0.2, 0.25) is 0 Å². The third-order valence-corrected chi connectivity index (χ3v) is 4.00. The first-order chi connectivity index (χ1) is 7.84. The monoisotopic (exact) mass is 241 g/mol. The van der Waals surface area contributed by atoms with E-state index in [1.807, 2.05) is 20.8 Å². The van der Waals surface area contributed by atoms with Gasteiger partial charge >= 0.3 is 0 Å². The molecule has 1 rings (SSSR count). The lowest BCUT2D eigenvalue weighted by Crippen LogP contribution is -2.60. The van der Waals surface area contributed by atoms with E-state index in [0.717, 1.165) is 13.1 Å². The number of nitrogens with one attached hydrogen (secondary N) is 2. The van der Waals surface area contributed by atoms with Gasteiger partial charge in [0, 0.05) is 12.1 Å². The Morgan fingerprint density at radius 2 is 1.94 bits per heavy atom. The second-order valence-electron chi connectivity index (χ2n) is 5.81. The fourth-order valence-corrected chi connectivity index (χ4v) is 2.35. The molecule has 100 valence electrons. The molecule has 4 nitrogen and oxygen atoms in total. The van der Waals surface area contributed by atoms with Gasteiger partial charge in [-0.1, -0.05) is 6.92 Å². The number of amides is 1. The van der Waals surface area contributed by atoms with Gasteiger partial charge < -0.3 is 15.5 Å². The molecule has 17 heavy (non-hydrogen) atoms. The number of carbonyl (C=O) groups excluding carboxylic acids is 1. The summed E-state index contributed by atoms with van der Waals surface area (Å²) in [5, 5.41) is 6.29. The Bertz CT molecular complexity index is 270. The van der Waals surface area contributed by atoms with Gasteiger partial charge in [0.05, 0.1) is 5.54 Å². The van der Waals surface area contributed by atoms with Gasteiger partial charge in [0.1, 0.15) is 0 Å². The average molecular weight is 241 g/mol. The average Bonchev–Trinajstić information content (AvgIpc) is 2.14. The number of hydrogen-bond acceptors (Lipinski definition) is 3. The summed E-state index contributed by atoms with van der Waals surface area (Å²) in [4.78, 5) is 14.3. The molecule has 1 aliphatic rings. The molecule has 0 radical (unpaired) electrons. The fourth-order valence-electron chi connectivity index (χ4n) is 2.35. The molecule has 0 unspecified atom stereocenters. The van der Waals surface area contributed by atoms with Gasteiger partial charge in [-0.25, -0.2) is 0 Å². The van der Waals surface area contributed by atoms with Crippen molar-refractivity contribution in [3.8, 4) is 0 Å². The molecule has 0 aromatic rings. The molecule has 0 spiro atoms. The van der Waals surface area contributed by atoms with Crippen molar-refractivity contribution in [3.05, 3.63) is 0 Å². The molecular weight excluding hydrogens is 214 g/mol. The summed E-state index contributed by atoms with van der Waals surface area (Å²) in [5.41, 5.74) is -0.288. The topological polar surface area (TPSA) is 44.4 Å². The number of carbonyl (C=O) groups is 1. The van der Waals surface area contributed by atoms with Crippen LogP contribution in [-0.4, -0.2) is 49.1 Å². The molecule has 1 fully saturated rings. The molecule has 0 bridgehead atoms. The Labute approximate surface area is 105 Å². The van der Waals surface area contributed by atoms with E-state index in [1.54, 1.807) is 0 Å². The van der Waals surface area contributed by atoms with Gasteiger partial charge in [0.2, 0.25) is 5.91 Å². The summed E-state index contributed by atoms with van der Waals surface area (Å²) < 4.78 is 0. The Kier molecular flexibility index (Phi) is 4.55. The van der Waals surface area contributed by atoms with Crippen molar-refractivity contribution in [2.75, 3.05) is 27.2 Å². The molecule has 0 aliphatic heterocycles. The molecule has 0 atom stereocenters. The number of rotatable bonds is 6. The first-order valence-corrected chi connectivity index (χ1v) is 6.55. The number of likely N-dealkylation sites (N-methyl/N-ethyl adjacent to an activating group) is 2. The number of hydrogen-bond donors (Lipinski definition) is 2. The molecule has 1 saturated carbocycles. The summed E-state index contributed by atoms with van der Waals surface area (Å²) in [6, 6.07) is 0. The lowest BCUT2D eigenvalue weighted by molar-refractivity contribution is -0.127. The van der Waals surface area contributed by atoms with Crippen LogP contribution in [0, 0.1) is 0 Å². The molecular formula is C13H27N3O. The van der Waals surface area contributed by atoms with Gasteiger partial charge in [0.25, 0.3) is 0 Å². The fraction of sp³-hybridized carbons (Fsp3) is 0.923. The summed E-state index contributed by atoms with van der Waals surface area (Å²) in [7, 11) is 4.20. The van der Waals surface area contributed by atoms with Crippen LogP contribution < -0.4 is 10.6 Å². The van der Waals surface area contributed by atoms with E-state index in [-0.39, 0.29) is 11.4 Å². The second-order valence-corrected chi connectivity index (χ2v) is 5.81. The first-order valence-electron chi connectivity index (χ1n) is 6.55. The zero-order valence-electron chi connectivity index (χ0n) is 11.9. The summed E-state index contributed by atoms with van der Waals surface area (Å²) in [6.07, 6.45) is 3.63. The van der Waals surface area contributed by atoms with Crippen LogP contribution in [0.3, 0.4) is 0 Å². The summed E-state index contributed by atoms with van der Waals surface area (Å²) in [6.45, 7) is 7.43. The Hall–Kier alpha value is -0.610. The third-order valence-electron chi connectivity index (χ3n) is 4.00. The molecule has 4 heteroatoms. The minimum absolute atomic E-state index is 0.0903. The van der Waals surface area contributed by atoms with Crippen LogP contribution in [0.25, 0.3) is 0 Å². The van der Waals surface area contributed by atoms with E-state index in [2.05, 4.69) is 29.6 Å². The number of nitrogens with zero attached hydrogens (tertiary/aromatic N) is 1. The van der Waals surface area contributed by atoms with Crippen molar-refractivity contribution >= 4 is 5.91 Å². The highest BCUT2D eigenvalue weighted by Crippen LogP contribution is 2.35. The van der Waals surface area contributed by atoms with E-state index < -0.39 is 5.54 Å². The van der Waals surface area contributed by atoms with Crippen molar-refractivity contribution in [1.82, 2.24) is 15.5 Å². The Balaban J connectivity index is 2.47.